The second kappa shape index (κ2) is 7.61. The summed E-state index contributed by atoms with van der Waals surface area (Å²) in [5, 5.41) is 1.19. The number of carbonyl (C=O) groups is 1. The first-order valence-electron chi connectivity index (χ1n) is 7.28. The van der Waals surface area contributed by atoms with Gasteiger partial charge in [-0.1, -0.05) is 24.3 Å². The zero-order valence-corrected chi connectivity index (χ0v) is 14.7. The van der Waals surface area contributed by atoms with Crippen LogP contribution in [-0.2, 0) is 0 Å². The van der Waals surface area contributed by atoms with Crippen LogP contribution in [0, 0.1) is 41.5 Å². The van der Waals surface area contributed by atoms with Crippen LogP contribution in [0.15, 0.2) is 24.3 Å². The molecule has 3 heteroatoms. The molecule has 112 valence electrons. The predicted octanol–water partition coefficient (Wildman–Crippen LogP) is 4.03. The van der Waals surface area contributed by atoms with E-state index in [2.05, 4.69) is 58.9 Å². The van der Waals surface area contributed by atoms with Gasteiger partial charge in [-0.25, -0.2) is 0 Å². The predicted molar refractivity (Wildman–Crippen MR) is 101 cm³/mol. The van der Waals surface area contributed by atoms with Crippen molar-refractivity contribution in [2.24, 2.45) is 0 Å². The third kappa shape index (κ3) is 3.72. The molecule has 0 saturated carbocycles. The molecule has 0 aliphatic carbocycles. The zero-order valence-electron chi connectivity index (χ0n) is 13.7. The van der Waals surface area contributed by atoms with E-state index in [0.29, 0.717) is 0 Å². The van der Waals surface area contributed by atoms with Crippen LogP contribution < -0.4 is 5.30 Å². The van der Waals surface area contributed by atoms with Gasteiger partial charge in [-0.3, -0.25) is 4.79 Å². The van der Waals surface area contributed by atoms with E-state index < -0.39 is 0 Å². The number of rotatable bonds is 3. The standard InChI is InChI=1S/C19H23OP.Li.H/c1-11-8-7-9-12(2)18(11)21-19(20)17-14(4)10-13(3)15(5)16(17)6;;/h7-10,21H,1-6H3;;. The molecule has 0 saturated heterocycles. The van der Waals surface area contributed by atoms with Crippen LogP contribution >= 0.6 is 8.58 Å². The van der Waals surface area contributed by atoms with E-state index in [1.54, 1.807) is 0 Å². The molecule has 0 heterocycles. The van der Waals surface area contributed by atoms with E-state index in [4.69, 9.17) is 0 Å². The van der Waals surface area contributed by atoms with E-state index in [-0.39, 0.29) is 33.0 Å². The van der Waals surface area contributed by atoms with Crippen LogP contribution in [0.2, 0.25) is 0 Å². The first kappa shape index (κ1) is 19.2. The van der Waals surface area contributed by atoms with Gasteiger partial charge in [-0.2, -0.15) is 0 Å². The molecule has 0 bridgehead atoms. The van der Waals surface area contributed by atoms with Crippen molar-refractivity contribution >= 4 is 38.3 Å². The van der Waals surface area contributed by atoms with E-state index in [1.165, 1.54) is 27.6 Å². The fourth-order valence-electron chi connectivity index (χ4n) is 2.82. The fraction of sp³-hybridized carbons (Fsp3) is 0.316. The van der Waals surface area contributed by atoms with E-state index in [9.17, 15) is 4.79 Å². The Kier molecular flexibility index (Phi) is 6.63. The van der Waals surface area contributed by atoms with Crippen molar-refractivity contribution < 1.29 is 4.79 Å². The minimum absolute atomic E-state index is 0. The molecule has 1 nitrogen and oxygen atoms in total. The summed E-state index contributed by atoms with van der Waals surface area (Å²) < 4.78 is 0. The van der Waals surface area contributed by atoms with Crippen LogP contribution in [0.4, 0.5) is 0 Å². The molecule has 2 rings (SSSR count). The summed E-state index contributed by atoms with van der Waals surface area (Å²) in [6, 6.07) is 8.35. The summed E-state index contributed by atoms with van der Waals surface area (Å²) in [5.74, 6) is 0. The molecule has 0 radical (unpaired) electrons. The van der Waals surface area contributed by atoms with Gasteiger partial charge >= 0.3 is 18.9 Å². The topological polar surface area (TPSA) is 17.1 Å². The van der Waals surface area contributed by atoms with Crippen LogP contribution in [0.5, 0.6) is 0 Å². The van der Waals surface area contributed by atoms with Crippen molar-refractivity contribution in [3.05, 3.63) is 63.2 Å². The molecule has 0 aromatic heterocycles. The summed E-state index contributed by atoms with van der Waals surface area (Å²) in [7, 11) is 0.200. The molecule has 0 amide bonds. The Morgan fingerprint density at radius 1 is 0.818 bits per heavy atom. The summed E-state index contributed by atoms with van der Waals surface area (Å²) in [6.45, 7) is 12.5. The van der Waals surface area contributed by atoms with Crippen molar-refractivity contribution in [3.63, 3.8) is 0 Å². The number of hydrogen-bond acceptors (Lipinski definition) is 1. The summed E-state index contributed by atoms with van der Waals surface area (Å²) >= 11 is 0. The average molecular weight is 306 g/mol. The number of aryl methyl sites for hydroxylation is 4. The van der Waals surface area contributed by atoms with Crippen LogP contribution in [0.1, 0.15) is 43.7 Å². The molecule has 0 spiro atoms. The van der Waals surface area contributed by atoms with Gasteiger partial charge in [0.2, 0.25) is 0 Å². The van der Waals surface area contributed by atoms with Crippen molar-refractivity contribution in [3.8, 4) is 0 Å². The van der Waals surface area contributed by atoms with Crippen LogP contribution in [0.3, 0.4) is 0 Å². The number of benzene rings is 2. The second-order valence-corrected chi connectivity index (χ2v) is 7.06. The monoisotopic (exact) mass is 306 g/mol. The average Bonchev–Trinajstić information content (AvgIpc) is 2.40. The minimum atomic E-state index is 0. The molecule has 2 aromatic carbocycles. The SMILES string of the molecule is Cc1cc(C)c(C(=O)Pc2c(C)cccc2C)c(C)c1C.[LiH]. The molecule has 1 unspecified atom stereocenters. The van der Waals surface area contributed by atoms with Crippen molar-refractivity contribution in [1.29, 1.82) is 0 Å². The Bertz CT molecular complexity index is 700. The Morgan fingerprint density at radius 3 is 1.91 bits per heavy atom. The quantitative estimate of drug-likeness (QED) is 0.618. The molecule has 1 atom stereocenters. The molecular weight excluding hydrogens is 282 g/mol. The third-order valence-corrected chi connectivity index (χ3v) is 5.82. The van der Waals surface area contributed by atoms with Gasteiger partial charge < -0.3 is 0 Å². The third-order valence-electron chi connectivity index (χ3n) is 4.30. The molecule has 0 aliphatic rings. The molecule has 0 N–H and O–H groups in total. The first-order valence-corrected chi connectivity index (χ1v) is 8.28. The van der Waals surface area contributed by atoms with Gasteiger partial charge in [0.05, 0.1) is 0 Å². The summed E-state index contributed by atoms with van der Waals surface area (Å²) in [4.78, 5) is 12.8. The Labute approximate surface area is 147 Å². The maximum atomic E-state index is 12.8. The van der Waals surface area contributed by atoms with Gasteiger partial charge in [-0.05, 0) is 88.8 Å². The van der Waals surface area contributed by atoms with Gasteiger partial charge in [0.25, 0.3) is 0 Å². The van der Waals surface area contributed by atoms with Crippen molar-refractivity contribution in [1.82, 2.24) is 0 Å². The van der Waals surface area contributed by atoms with Crippen molar-refractivity contribution in [2.75, 3.05) is 0 Å². The molecule has 0 aliphatic heterocycles. The van der Waals surface area contributed by atoms with Crippen molar-refractivity contribution in [2.45, 2.75) is 41.5 Å². The van der Waals surface area contributed by atoms with E-state index in [1.807, 2.05) is 6.92 Å². The molecule has 2 aromatic rings. The molecular formula is C19H24LiOP. The Hall–Kier alpha value is -0.863. The van der Waals surface area contributed by atoms with Gasteiger partial charge in [0.15, 0.2) is 5.52 Å². The number of carbonyl (C=O) groups excluding carboxylic acids is 1. The van der Waals surface area contributed by atoms with Gasteiger partial charge in [0.1, 0.15) is 0 Å². The van der Waals surface area contributed by atoms with Crippen LogP contribution in [0.25, 0.3) is 0 Å². The van der Waals surface area contributed by atoms with E-state index in [0.717, 1.165) is 16.7 Å². The normalized spacial score (nSPS) is 10.8. The molecule has 22 heavy (non-hydrogen) atoms. The summed E-state index contributed by atoms with van der Waals surface area (Å²) in [6.07, 6.45) is 0. The first-order chi connectivity index (χ1) is 9.82. The number of hydrogen-bond donors (Lipinski definition) is 0. The Balaban J connectivity index is 0.00000242. The maximum absolute atomic E-state index is 12.8. The van der Waals surface area contributed by atoms with Crippen LogP contribution in [-0.4, -0.2) is 24.4 Å². The Morgan fingerprint density at radius 2 is 1.36 bits per heavy atom. The summed E-state index contributed by atoms with van der Waals surface area (Å²) in [5.41, 5.74) is 8.31. The van der Waals surface area contributed by atoms with Gasteiger partial charge in [-0.15, -0.1) is 0 Å². The molecule has 0 fully saturated rings. The zero-order chi connectivity index (χ0) is 15.7. The second-order valence-electron chi connectivity index (χ2n) is 5.86. The van der Waals surface area contributed by atoms with E-state index >= 15 is 0 Å². The fourth-order valence-corrected chi connectivity index (χ4v) is 4.12. The van der Waals surface area contributed by atoms with Gasteiger partial charge in [0, 0.05) is 5.56 Å².